The Balaban J connectivity index is 1.43. The SMILES string of the molecule is COC(=O)[C@@H](NCc1cccc(C(=O)NCc2ccco2)c1)c1ccc2c(c1)CCO2. The summed E-state index contributed by atoms with van der Waals surface area (Å²) in [4.78, 5) is 24.9. The Kier molecular flexibility index (Phi) is 6.33. The van der Waals surface area contributed by atoms with Crippen LogP contribution in [0.4, 0.5) is 0 Å². The van der Waals surface area contributed by atoms with Crippen molar-refractivity contribution in [3.63, 3.8) is 0 Å². The second kappa shape index (κ2) is 9.49. The van der Waals surface area contributed by atoms with Crippen molar-refractivity contribution in [2.45, 2.75) is 25.6 Å². The Bertz CT molecular complexity index is 1060. The fraction of sp³-hybridized carbons (Fsp3) is 0.250. The summed E-state index contributed by atoms with van der Waals surface area (Å²) in [7, 11) is 1.37. The summed E-state index contributed by atoms with van der Waals surface area (Å²) >= 11 is 0. The maximum Gasteiger partial charge on any atom is 0.327 e. The molecule has 0 unspecified atom stereocenters. The third-order valence-electron chi connectivity index (χ3n) is 5.19. The van der Waals surface area contributed by atoms with Gasteiger partial charge in [-0.25, -0.2) is 4.79 Å². The predicted molar refractivity (Wildman–Crippen MR) is 114 cm³/mol. The van der Waals surface area contributed by atoms with Gasteiger partial charge in [-0.3, -0.25) is 10.1 Å². The number of hydrogen-bond donors (Lipinski definition) is 2. The third kappa shape index (κ3) is 4.95. The monoisotopic (exact) mass is 420 g/mol. The minimum Gasteiger partial charge on any atom is -0.493 e. The second-order valence-electron chi connectivity index (χ2n) is 7.27. The Morgan fingerprint density at radius 2 is 2.00 bits per heavy atom. The summed E-state index contributed by atoms with van der Waals surface area (Å²) in [5.41, 5.74) is 3.33. The van der Waals surface area contributed by atoms with E-state index in [1.165, 1.54) is 7.11 Å². The first kappa shape index (κ1) is 20.7. The summed E-state index contributed by atoms with van der Waals surface area (Å²) < 4.78 is 15.8. The largest absolute Gasteiger partial charge is 0.493 e. The number of methoxy groups -OCH3 is 1. The maximum absolute atomic E-state index is 12.5. The molecule has 0 fully saturated rings. The van der Waals surface area contributed by atoms with Crippen LogP contribution in [-0.4, -0.2) is 25.6 Å². The van der Waals surface area contributed by atoms with Crippen molar-refractivity contribution in [3.05, 3.63) is 88.9 Å². The van der Waals surface area contributed by atoms with Gasteiger partial charge in [-0.15, -0.1) is 0 Å². The van der Waals surface area contributed by atoms with E-state index in [2.05, 4.69) is 10.6 Å². The lowest BCUT2D eigenvalue weighted by Crippen LogP contribution is -2.29. The highest BCUT2D eigenvalue weighted by atomic mass is 16.5. The predicted octanol–water partition coefficient (Wildman–Crippen LogP) is 3.15. The van der Waals surface area contributed by atoms with Gasteiger partial charge in [0.1, 0.15) is 17.6 Å². The van der Waals surface area contributed by atoms with Gasteiger partial charge in [0.05, 0.1) is 26.5 Å². The van der Waals surface area contributed by atoms with E-state index < -0.39 is 6.04 Å². The fourth-order valence-corrected chi connectivity index (χ4v) is 3.57. The van der Waals surface area contributed by atoms with Crippen molar-refractivity contribution in [3.8, 4) is 5.75 Å². The molecule has 2 N–H and O–H groups in total. The van der Waals surface area contributed by atoms with E-state index in [1.54, 1.807) is 30.5 Å². The van der Waals surface area contributed by atoms with Crippen molar-refractivity contribution >= 4 is 11.9 Å². The minimum atomic E-state index is -0.618. The lowest BCUT2D eigenvalue weighted by molar-refractivity contribution is -0.143. The van der Waals surface area contributed by atoms with Crippen LogP contribution in [0.3, 0.4) is 0 Å². The van der Waals surface area contributed by atoms with E-state index >= 15 is 0 Å². The fourth-order valence-electron chi connectivity index (χ4n) is 3.57. The van der Waals surface area contributed by atoms with Crippen LogP contribution in [0.15, 0.2) is 65.3 Å². The smallest absolute Gasteiger partial charge is 0.327 e. The number of rotatable bonds is 8. The lowest BCUT2D eigenvalue weighted by Gasteiger charge is -2.18. The molecule has 0 spiro atoms. The molecule has 160 valence electrons. The number of esters is 1. The first-order valence-corrected chi connectivity index (χ1v) is 10.1. The third-order valence-corrected chi connectivity index (χ3v) is 5.19. The summed E-state index contributed by atoms with van der Waals surface area (Å²) in [6.45, 7) is 1.37. The molecule has 1 atom stereocenters. The van der Waals surface area contributed by atoms with E-state index in [0.717, 1.165) is 28.9 Å². The van der Waals surface area contributed by atoms with Crippen molar-refractivity contribution in [1.82, 2.24) is 10.6 Å². The zero-order valence-electron chi connectivity index (χ0n) is 17.2. The van der Waals surface area contributed by atoms with E-state index in [1.807, 2.05) is 30.3 Å². The molecule has 0 saturated carbocycles. The molecule has 1 aliphatic rings. The van der Waals surface area contributed by atoms with Gasteiger partial charge >= 0.3 is 5.97 Å². The van der Waals surface area contributed by atoms with Gasteiger partial charge in [-0.2, -0.15) is 0 Å². The Labute approximate surface area is 180 Å². The Hall–Kier alpha value is -3.58. The molecule has 2 aromatic carbocycles. The van der Waals surface area contributed by atoms with Gasteiger partial charge in [0, 0.05) is 18.5 Å². The molecule has 0 bridgehead atoms. The molecular weight excluding hydrogens is 396 g/mol. The molecule has 1 amide bonds. The number of carbonyl (C=O) groups excluding carboxylic acids is 2. The molecule has 0 radical (unpaired) electrons. The molecule has 1 aromatic heterocycles. The summed E-state index contributed by atoms with van der Waals surface area (Å²) in [6.07, 6.45) is 2.39. The molecule has 2 heterocycles. The molecular formula is C24H24N2O5. The number of ether oxygens (including phenoxy) is 2. The number of amides is 1. The van der Waals surface area contributed by atoms with E-state index in [4.69, 9.17) is 13.9 Å². The molecule has 0 aliphatic carbocycles. The molecule has 1 aliphatic heterocycles. The number of fused-ring (bicyclic) bond motifs is 1. The number of benzene rings is 2. The van der Waals surface area contributed by atoms with Gasteiger partial charge in [-0.1, -0.05) is 18.2 Å². The van der Waals surface area contributed by atoms with Crippen molar-refractivity contribution in [2.75, 3.05) is 13.7 Å². The zero-order chi connectivity index (χ0) is 21.6. The lowest BCUT2D eigenvalue weighted by atomic mass is 10.0. The van der Waals surface area contributed by atoms with Gasteiger partial charge in [0.2, 0.25) is 0 Å². The average molecular weight is 420 g/mol. The highest BCUT2D eigenvalue weighted by molar-refractivity contribution is 5.94. The normalized spacial score (nSPS) is 13.2. The van der Waals surface area contributed by atoms with Crippen LogP contribution in [0.1, 0.15) is 38.9 Å². The highest BCUT2D eigenvalue weighted by Gasteiger charge is 2.23. The van der Waals surface area contributed by atoms with Crippen LogP contribution in [-0.2, 0) is 29.0 Å². The topological polar surface area (TPSA) is 89.8 Å². The van der Waals surface area contributed by atoms with E-state index in [-0.39, 0.29) is 11.9 Å². The zero-order valence-corrected chi connectivity index (χ0v) is 17.2. The van der Waals surface area contributed by atoms with E-state index in [0.29, 0.717) is 31.0 Å². The molecule has 4 rings (SSSR count). The van der Waals surface area contributed by atoms with Crippen molar-refractivity contribution < 1.29 is 23.5 Å². The number of hydrogen-bond acceptors (Lipinski definition) is 6. The van der Waals surface area contributed by atoms with Crippen LogP contribution in [0.25, 0.3) is 0 Å². The summed E-state index contributed by atoms with van der Waals surface area (Å²) in [5.74, 6) is 0.986. The summed E-state index contributed by atoms with van der Waals surface area (Å²) in [5, 5.41) is 6.08. The van der Waals surface area contributed by atoms with E-state index in [9.17, 15) is 9.59 Å². The quantitative estimate of drug-likeness (QED) is 0.544. The Morgan fingerprint density at radius 1 is 1.10 bits per heavy atom. The van der Waals surface area contributed by atoms with Crippen LogP contribution in [0.2, 0.25) is 0 Å². The van der Waals surface area contributed by atoms with Crippen LogP contribution >= 0.6 is 0 Å². The first-order valence-electron chi connectivity index (χ1n) is 10.1. The van der Waals surface area contributed by atoms with Gasteiger partial charge < -0.3 is 19.2 Å². The highest BCUT2D eigenvalue weighted by Crippen LogP contribution is 2.28. The minimum absolute atomic E-state index is 0.193. The van der Waals surface area contributed by atoms with Crippen LogP contribution in [0, 0.1) is 0 Å². The van der Waals surface area contributed by atoms with Gasteiger partial charge in [-0.05, 0) is 53.1 Å². The van der Waals surface area contributed by atoms with Crippen molar-refractivity contribution in [2.24, 2.45) is 0 Å². The average Bonchev–Trinajstić information content (AvgIpc) is 3.49. The molecule has 31 heavy (non-hydrogen) atoms. The first-order chi connectivity index (χ1) is 15.1. The Morgan fingerprint density at radius 3 is 2.81 bits per heavy atom. The number of nitrogens with one attached hydrogen (secondary N) is 2. The number of carbonyl (C=O) groups is 2. The standard InChI is InChI=1S/C24H24N2O5/c1-29-24(28)22(18-7-8-21-17(13-18)9-11-31-21)25-14-16-4-2-5-19(12-16)23(27)26-15-20-6-3-10-30-20/h2-8,10,12-13,22,25H,9,11,14-15H2,1H3,(H,26,27)/t22-/m0/s1. The second-order valence-corrected chi connectivity index (χ2v) is 7.27. The van der Waals surface area contributed by atoms with Crippen LogP contribution in [0.5, 0.6) is 5.75 Å². The molecule has 7 heteroatoms. The van der Waals surface area contributed by atoms with Gasteiger partial charge in [0.25, 0.3) is 5.91 Å². The van der Waals surface area contributed by atoms with Crippen molar-refractivity contribution in [1.29, 1.82) is 0 Å². The maximum atomic E-state index is 12.5. The summed E-state index contributed by atoms with van der Waals surface area (Å²) in [6, 6.07) is 16.0. The molecule has 7 nitrogen and oxygen atoms in total. The van der Waals surface area contributed by atoms with Crippen LogP contribution < -0.4 is 15.4 Å². The number of furan rings is 1. The molecule has 3 aromatic rings. The molecule has 0 saturated heterocycles. The van der Waals surface area contributed by atoms with Gasteiger partial charge in [0.15, 0.2) is 0 Å².